The molecule has 0 spiro atoms. The molecule has 1 aromatic carbocycles. The summed E-state index contributed by atoms with van der Waals surface area (Å²) < 4.78 is 16.4. The molecule has 6 nitrogen and oxygen atoms in total. The topological polar surface area (TPSA) is 71.8 Å². The molecule has 0 aliphatic carbocycles. The van der Waals surface area contributed by atoms with Crippen LogP contribution in [0.5, 0.6) is 11.5 Å². The maximum absolute atomic E-state index is 12.5. The number of morpholine rings is 1. The molecule has 1 aromatic rings. The lowest BCUT2D eigenvalue weighted by molar-refractivity contribution is -0.130. The van der Waals surface area contributed by atoms with Crippen LogP contribution in [0.25, 0.3) is 6.08 Å². The minimum Gasteiger partial charge on any atom is -0.493 e. The van der Waals surface area contributed by atoms with Gasteiger partial charge in [0.2, 0.25) is 0 Å². The van der Waals surface area contributed by atoms with Crippen LogP contribution in [-0.2, 0) is 9.53 Å². The summed E-state index contributed by atoms with van der Waals surface area (Å²) in [6, 6.07) is 5.33. The van der Waals surface area contributed by atoms with Crippen molar-refractivity contribution in [3.8, 4) is 17.6 Å². The number of methoxy groups -OCH3 is 1. The van der Waals surface area contributed by atoms with Crippen molar-refractivity contribution >= 4 is 23.6 Å². The van der Waals surface area contributed by atoms with Crippen molar-refractivity contribution in [2.45, 2.75) is 26.4 Å². The number of hydrogen-bond donors (Lipinski definition) is 0. The highest BCUT2D eigenvalue weighted by Gasteiger charge is 2.21. The smallest absolute Gasteiger partial charge is 0.264 e. The SMILES string of the molecule is CCC(C)Oc1c(Cl)cc(C=C(C#N)C(=O)N2CCOCC2)cc1OC. The monoisotopic (exact) mass is 378 g/mol. The summed E-state index contributed by atoms with van der Waals surface area (Å²) in [6.45, 7) is 5.86. The molecule has 1 unspecified atom stereocenters. The van der Waals surface area contributed by atoms with Gasteiger partial charge in [0.1, 0.15) is 11.6 Å². The van der Waals surface area contributed by atoms with E-state index >= 15 is 0 Å². The number of ether oxygens (including phenoxy) is 3. The van der Waals surface area contributed by atoms with E-state index in [1.54, 1.807) is 17.0 Å². The summed E-state index contributed by atoms with van der Waals surface area (Å²) in [4.78, 5) is 14.1. The lowest BCUT2D eigenvalue weighted by Crippen LogP contribution is -2.41. The predicted octanol–water partition coefficient (Wildman–Crippen LogP) is 3.29. The highest BCUT2D eigenvalue weighted by atomic mass is 35.5. The molecule has 1 amide bonds. The molecule has 1 saturated heterocycles. The molecule has 0 aromatic heterocycles. The van der Waals surface area contributed by atoms with Crippen LogP contribution in [0.1, 0.15) is 25.8 Å². The van der Waals surface area contributed by atoms with Crippen LogP contribution in [-0.4, -0.2) is 50.3 Å². The first-order chi connectivity index (χ1) is 12.5. The third kappa shape index (κ3) is 4.90. The zero-order chi connectivity index (χ0) is 19.1. The molecule has 2 rings (SSSR count). The van der Waals surface area contributed by atoms with Crippen LogP contribution < -0.4 is 9.47 Å². The fourth-order valence-electron chi connectivity index (χ4n) is 2.47. The molecule has 0 N–H and O–H groups in total. The number of carbonyl (C=O) groups excluding carboxylic acids is 1. The molecule has 1 heterocycles. The van der Waals surface area contributed by atoms with Crippen molar-refractivity contribution in [3.05, 3.63) is 28.3 Å². The average Bonchev–Trinajstić information content (AvgIpc) is 2.67. The minimum atomic E-state index is -0.314. The molecule has 26 heavy (non-hydrogen) atoms. The third-order valence-electron chi connectivity index (χ3n) is 4.11. The number of nitrogens with zero attached hydrogens (tertiary/aromatic N) is 2. The van der Waals surface area contributed by atoms with E-state index in [0.29, 0.717) is 48.4 Å². The van der Waals surface area contributed by atoms with E-state index in [9.17, 15) is 10.1 Å². The van der Waals surface area contributed by atoms with Gasteiger partial charge >= 0.3 is 0 Å². The Morgan fingerprint density at radius 3 is 2.73 bits per heavy atom. The van der Waals surface area contributed by atoms with Gasteiger partial charge in [-0.1, -0.05) is 18.5 Å². The van der Waals surface area contributed by atoms with Gasteiger partial charge in [0, 0.05) is 13.1 Å². The Bertz CT molecular complexity index is 721. The predicted molar refractivity (Wildman–Crippen MR) is 99.4 cm³/mol. The summed E-state index contributed by atoms with van der Waals surface area (Å²) in [5.41, 5.74) is 0.641. The number of nitriles is 1. The number of carbonyl (C=O) groups is 1. The van der Waals surface area contributed by atoms with E-state index in [1.165, 1.54) is 13.2 Å². The number of rotatable bonds is 6. The summed E-state index contributed by atoms with van der Waals surface area (Å²) >= 11 is 6.34. The van der Waals surface area contributed by atoms with Crippen LogP contribution in [0.2, 0.25) is 5.02 Å². The molecule has 1 aliphatic heterocycles. The third-order valence-corrected chi connectivity index (χ3v) is 4.39. The number of hydrogen-bond acceptors (Lipinski definition) is 5. The van der Waals surface area contributed by atoms with Crippen LogP contribution >= 0.6 is 11.6 Å². The van der Waals surface area contributed by atoms with Crippen molar-refractivity contribution < 1.29 is 19.0 Å². The standard InChI is InChI=1S/C19H23ClN2O4/c1-4-13(2)26-18-16(20)10-14(11-17(18)24-3)9-15(12-21)19(23)22-5-7-25-8-6-22/h9-11,13H,4-8H2,1-3H3. The van der Waals surface area contributed by atoms with E-state index in [-0.39, 0.29) is 17.6 Å². The highest BCUT2D eigenvalue weighted by molar-refractivity contribution is 6.32. The summed E-state index contributed by atoms with van der Waals surface area (Å²) in [7, 11) is 1.52. The summed E-state index contributed by atoms with van der Waals surface area (Å²) in [5, 5.41) is 9.77. The quantitative estimate of drug-likeness (QED) is 0.561. The van der Waals surface area contributed by atoms with Gasteiger partial charge in [-0.05, 0) is 37.1 Å². The summed E-state index contributed by atoms with van der Waals surface area (Å²) in [5.74, 6) is 0.602. The first kappa shape index (κ1) is 20.1. The number of halogens is 1. The maximum atomic E-state index is 12.5. The van der Waals surface area contributed by atoms with Crippen molar-refractivity contribution in [2.24, 2.45) is 0 Å². The Balaban J connectivity index is 2.31. The van der Waals surface area contributed by atoms with Gasteiger partial charge in [-0.25, -0.2) is 0 Å². The van der Waals surface area contributed by atoms with E-state index in [0.717, 1.165) is 6.42 Å². The Labute approximate surface area is 158 Å². The largest absolute Gasteiger partial charge is 0.493 e. The fourth-order valence-corrected chi connectivity index (χ4v) is 2.73. The van der Waals surface area contributed by atoms with Crippen LogP contribution in [0.4, 0.5) is 0 Å². The zero-order valence-electron chi connectivity index (χ0n) is 15.3. The average molecular weight is 379 g/mol. The van der Waals surface area contributed by atoms with Gasteiger partial charge in [0.25, 0.3) is 5.91 Å². The Hall–Kier alpha value is -2.23. The van der Waals surface area contributed by atoms with Gasteiger partial charge in [-0.2, -0.15) is 5.26 Å². The van der Waals surface area contributed by atoms with Crippen LogP contribution in [0.15, 0.2) is 17.7 Å². The Kier molecular flexibility index (Phi) is 7.31. The molecule has 0 saturated carbocycles. The van der Waals surface area contributed by atoms with Crippen molar-refractivity contribution in [3.63, 3.8) is 0 Å². The second-order valence-corrected chi connectivity index (χ2v) is 6.35. The molecule has 1 fully saturated rings. The minimum absolute atomic E-state index is 0.0136. The van der Waals surface area contributed by atoms with Gasteiger partial charge in [-0.3, -0.25) is 4.79 Å². The molecule has 140 valence electrons. The second-order valence-electron chi connectivity index (χ2n) is 5.95. The van der Waals surface area contributed by atoms with E-state index in [2.05, 4.69) is 0 Å². The molecule has 0 bridgehead atoms. The first-order valence-corrected chi connectivity index (χ1v) is 8.91. The molecular weight excluding hydrogens is 356 g/mol. The first-order valence-electron chi connectivity index (χ1n) is 8.53. The van der Waals surface area contributed by atoms with Crippen molar-refractivity contribution in [2.75, 3.05) is 33.4 Å². The molecule has 1 atom stereocenters. The molecular formula is C19H23ClN2O4. The van der Waals surface area contributed by atoms with E-state index < -0.39 is 0 Å². The Morgan fingerprint density at radius 2 is 2.15 bits per heavy atom. The Morgan fingerprint density at radius 1 is 1.46 bits per heavy atom. The van der Waals surface area contributed by atoms with E-state index in [4.69, 9.17) is 25.8 Å². The maximum Gasteiger partial charge on any atom is 0.264 e. The summed E-state index contributed by atoms with van der Waals surface area (Å²) in [6.07, 6.45) is 2.33. The van der Waals surface area contributed by atoms with Gasteiger partial charge in [-0.15, -0.1) is 0 Å². The molecule has 1 aliphatic rings. The van der Waals surface area contributed by atoms with Crippen molar-refractivity contribution in [1.29, 1.82) is 5.26 Å². The fraction of sp³-hybridized carbons (Fsp3) is 0.474. The van der Waals surface area contributed by atoms with Crippen LogP contribution in [0.3, 0.4) is 0 Å². The van der Waals surface area contributed by atoms with Gasteiger partial charge < -0.3 is 19.1 Å². The number of benzene rings is 1. The van der Waals surface area contributed by atoms with Crippen LogP contribution in [0, 0.1) is 11.3 Å². The lowest BCUT2D eigenvalue weighted by atomic mass is 10.1. The molecule has 7 heteroatoms. The van der Waals surface area contributed by atoms with E-state index in [1.807, 2.05) is 19.9 Å². The van der Waals surface area contributed by atoms with Gasteiger partial charge in [0.05, 0.1) is 31.5 Å². The highest BCUT2D eigenvalue weighted by Crippen LogP contribution is 2.38. The zero-order valence-corrected chi connectivity index (χ0v) is 16.0. The lowest BCUT2D eigenvalue weighted by Gasteiger charge is -2.26. The number of amides is 1. The van der Waals surface area contributed by atoms with Crippen molar-refractivity contribution in [1.82, 2.24) is 4.90 Å². The second kappa shape index (κ2) is 9.46. The molecule has 0 radical (unpaired) electrons. The van der Waals surface area contributed by atoms with Gasteiger partial charge in [0.15, 0.2) is 11.5 Å². The normalized spacial score (nSPS) is 16.0.